The van der Waals surface area contributed by atoms with Crippen molar-refractivity contribution >= 4 is 15.7 Å². The Kier molecular flexibility index (Phi) is 5.63. The zero-order valence-electron chi connectivity index (χ0n) is 17.0. The lowest BCUT2D eigenvalue weighted by molar-refractivity contribution is 0.287. The van der Waals surface area contributed by atoms with Crippen molar-refractivity contribution in [2.24, 2.45) is 0 Å². The number of aromatic nitrogens is 3. The molecule has 30 heavy (non-hydrogen) atoms. The average Bonchev–Trinajstić information content (AvgIpc) is 3.33. The Morgan fingerprint density at radius 1 is 1.03 bits per heavy atom. The highest BCUT2D eigenvalue weighted by atomic mass is 32.2. The number of rotatable bonds is 8. The zero-order chi connectivity index (χ0) is 21.1. The van der Waals surface area contributed by atoms with Gasteiger partial charge in [-0.05, 0) is 44.5 Å². The molecule has 0 spiro atoms. The molecule has 0 amide bonds. The van der Waals surface area contributed by atoms with Crippen LogP contribution in [0.5, 0.6) is 11.5 Å². The van der Waals surface area contributed by atoms with E-state index < -0.39 is 10.0 Å². The van der Waals surface area contributed by atoms with Crippen molar-refractivity contribution in [3.05, 3.63) is 48.3 Å². The Bertz CT molecular complexity index is 1160. The van der Waals surface area contributed by atoms with Crippen LogP contribution in [0.4, 0.5) is 5.69 Å². The maximum atomic E-state index is 13.0. The van der Waals surface area contributed by atoms with Crippen molar-refractivity contribution in [2.75, 3.05) is 17.9 Å². The fraction of sp³-hybridized carbons (Fsp3) is 0.333. The molecule has 0 radical (unpaired) electrons. The Balaban J connectivity index is 1.61. The van der Waals surface area contributed by atoms with Crippen LogP contribution in [0.2, 0.25) is 0 Å². The molecule has 2 aromatic carbocycles. The first-order valence-electron chi connectivity index (χ1n) is 9.97. The van der Waals surface area contributed by atoms with Crippen molar-refractivity contribution in [2.45, 2.75) is 38.1 Å². The maximum Gasteiger partial charge on any atom is 0.262 e. The van der Waals surface area contributed by atoms with Gasteiger partial charge in [0.15, 0.2) is 17.3 Å². The Morgan fingerprint density at radius 3 is 2.63 bits per heavy atom. The maximum absolute atomic E-state index is 13.0. The first-order valence-corrected chi connectivity index (χ1v) is 11.4. The van der Waals surface area contributed by atoms with E-state index in [1.807, 2.05) is 19.9 Å². The second kappa shape index (κ2) is 8.35. The van der Waals surface area contributed by atoms with E-state index in [0.29, 0.717) is 30.4 Å². The van der Waals surface area contributed by atoms with Gasteiger partial charge in [-0.1, -0.05) is 12.1 Å². The summed E-state index contributed by atoms with van der Waals surface area (Å²) < 4.78 is 41.7. The standard InChI is InChI=1S/C21H24N4O4S/c1-3-28-18-11-10-17(14-19(18)29-4-2)30(26,27)24-16-8-5-7-15(13-16)21-23-22-20-9-6-12-25(20)21/h5,7-8,10-11,13-14,24H,3-4,6,9,12H2,1-2H3. The van der Waals surface area contributed by atoms with Crippen LogP contribution in [-0.4, -0.2) is 36.4 Å². The van der Waals surface area contributed by atoms with Gasteiger partial charge in [0, 0.05) is 30.3 Å². The highest BCUT2D eigenvalue weighted by Gasteiger charge is 2.20. The van der Waals surface area contributed by atoms with Crippen LogP contribution in [0.3, 0.4) is 0 Å². The van der Waals surface area contributed by atoms with Gasteiger partial charge in [0.25, 0.3) is 10.0 Å². The molecule has 4 rings (SSSR count). The third-order valence-electron chi connectivity index (χ3n) is 4.81. The average molecular weight is 429 g/mol. The van der Waals surface area contributed by atoms with E-state index in [-0.39, 0.29) is 4.90 Å². The lowest BCUT2D eigenvalue weighted by atomic mass is 10.2. The number of sulfonamides is 1. The normalized spacial score (nSPS) is 13.1. The van der Waals surface area contributed by atoms with Gasteiger partial charge in [-0.25, -0.2) is 8.42 Å². The van der Waals surface area contributed by atoms with Crippen molar-refractivity contribution in [3.8, 4) is 22.9 Å². The molecule has 0 atom stereocenters. The molecule has 158 valence electrons. The van der Waals surface area contributed by atoms with E-state index in [1.165, 1.54) is 12.1 Å². The number of hydrogen-bond donors (Lipinski definition) is 1. The number of nitrogens with one attached hydrogen (secondary N) is 1. The predicted octanol–water partition coefficient (Wildman–Crippen LogP) is 3.49. The van der Waals surface area contributed by atoms with Gasteiger partial charge in [0.05, 0.1) is 18.1 Å². The summed E-state index contributed by atoms with van der Waals surface area (Å²) in [6.45, 7) is 5.44. The van der Waals surface area contributed by atoms with Crippen molar-refractivity contribution < 1.29 is 17.9 Å². The van der Waals surface area contributed by atoms with Gasteiger partial charge >= 0.3 is 0 Å². The zero-order valence-corrected chi connectivity index (χ0v) is 17.8. The molecule has 1 aliphatic rings. The first kappa shape index (κ1) is 20.2. The number of fused-ring (bicyclic) bond motifs is 1. The van der Waals surface area contributed by atoms with Crippen LogP contribution < -0.4 is 14.2 Å². The van der Waals surface area contributed by atoms with Crippen molar-refractivity contribution in [1.82, 2.24) is 14.8 Å². The van der Waals surface area contributed by atoms with Gasteiger partial charge in [0.2, 0.25) is 0 Å². The molecular formula is C21H24N4O4S. The Labute approximate surface area is 175 Å². The molecule has 0 fully saturated rings. The summed E-state index contributed by atoms with van der Waals surface area (Å²) >= 11 is 0. The molecule has 2 heterocycles. The van der Waals surface area contributed by atoms with Gasteiger partial charge in [0.1, 0.15) is 5.82 Å². The van der Waals surface area contributed by atoms with Gasteiger partial charge in [-0.15, -0.1) is 10.2 Å². The SMILES string of the molecule is CCOc1ccc(S(=O)(=O)Nc2cccc(-c3nnc4n3CCC4)c2)cc1OCC. The fourth-order valence-electron chi connectivity index (χ4n) is 3.50. The minimum absolute atomic E-state index is 0.100. The van der Waals surface area contributed by atoms with Crippen LogP contribution >= 0.6 is 0 Å². The third-order valence-corrected chi connectivity index (χ3v) is 6.19. The van der Waals surface area contributed by atoms with Crippen molar-refractivity contribution in [1.29, 1.82) is 0 Å². The predicted molar refractivity (Wildman–Crippen MR) is 113 cm³/mol. The summed E-state index contributed by atoms with van der Waals surface area (Å²) in [5.41, 5.74) is 1.27. The minimum atomic E-state index is -3.81. The number of benzene rings is 2. The second-order valence-corrected chi connectivity index (χ2v) is 8.54. The van der Waals surface area contributed by atoms with Crippen LogP contribution in [0.15, 0.2) is 47.4 Å². The third kappa shape index (κ3) is 3.97. The molecule has 0 unspecified atom stereocenters. The Morgan fingerprint density at radius 2 is 1.83 bits per heavy atom. The van der Waals surface area contributed by atoms with Crippen LogP contribution in [-0.2, 0) is 23.0 Å². The van der Waals surface area contributed by atoms with E-state index in [4.69, 9.17) is 9.47 Å². The highest BCUT2D eigenvalue weighted by Crippen LogP contribution is 2.31. The number of aryl methyl sites for hydroxylation is 1. The molecule has 0 saturated carbocycles. The number of ether oxygens (including phenoxy) is 2. The molecular weight excluding hydrogens is 404 g/mol. The van der Waals surface area contributed by atoms with Crippen molar-refractivity contribution in [3.63, 3.8) is 0 Å². The summed E-state index contributed by atoms with van der Waals surface area (Å²) in [6, 6.07) is 11.8. The van der Waals surface area contributed by atoms with E-state index >= 15 is 0 Å². The van der Waals surface area contributed by atoms with E-state index in [2.05, 4.69) is 19.5 Å². The number of anilines is 1. The lowest BCUT2D eigenvalue weighted by Crippen LogP contribution is -2.13. The van der Waals surface area contributed by atoms with Crippen LogP contribution in [0.25, 0.3) is 11.4 Å². The first-order chi connectivity index (χ1) is 14.5. The lowest BCUT2D eigenvalue weighted by Gasteiger charge is -2.14. The molecule has 1 aromatic heterocycles. The molecule has 0 bridgehead atoms. The van der Waals surface area contributed by atoms with E-state index in [9.17, 15) is 8.42 Å². The number of nitrogens with zero attached hydrogens (tertiary/aromatic N) is 3. The molecule has 3 aromatic rings. The van der Waals surface area contributed by atoms with Crippen LogP contribution in [0.1, 0.15) is 26.1 Å². The summed E-state index contributed by atoms with van der Waals surface area (Å²) in [5.74, 6) is 2.63. The molecule has 0 saturated heterocycles. The quantitative estimate of drug-likeness (QED) is 0.590. The van der Waals surface area contributed by atoms with Gasteiger partial charge in [-0.2, -0.15) is 0 Å². The summed E-state index contributed by atoms with van der Waals surface area (Å²) in [5, 5.41) is 8.49. The largest absolute Gasteiger partial charge is 0.490 e. The summed E-state index contributed by atoms with van der Waals surface area (Å²) in [6.07, 6.45) is 1.96. The van der Waals surface area contributed by atoms with Gasteiger partial charge in [-0.3, -0.25) is 4.72 Å². The summed E-state index contributed by atoms with van der Waals surface area (Å²) in [7, 11) is -3.81. The molecule has 9 heteroatoms. The fourth-order valence-corrected chi connectivity index (χ4v) is 4.56. The summed E-state index contributed by atoms with van der Waals surface area (Å²) in [4.78, 5) is 0.100. The van der Waals surface area contributed by atoms with Crippen LogP contribution in [0, 0.1) is 0 Å². The number of hydrogen-bond acceptors (Lipinski definition) is 6. The smallest absolute Gasteiger partial charge is 0.262 e. The van der Waals surface area contributed by atoms with E-state index in [0.717, 1.165) is 36.6 Å². The molecule has 0 aliphatic carbocycles. The molecule has 1 aliphatic heterocycles. The second-order valence-electron chi connectivity index (χ2n) is 6.86. The molecule has 8 nitrogen and oxygen atoms in total. The monoisotopic (exact) mass is 428 g/mol. The van der Waals surface area contributed by atoms with Gasteiger partial charge < -0.3 is 14.0 Å². The Hall–Kier alpha value is -3.07. The topological polar surface area (TPSA) is 95.3 Å². The highest BCUT2D eigenvalue weighted by molar-refractivity contribution is 7.92. The van der Waals surface area contributed by atoms with E-state index in [1.54, 1.807) is 24.3 Å². The molecule has 1 N–H and O–H groups in total. The minimum Gasteiger partial charge on any atom is -0.490 e.